The van der Waals surface area contributed by atoms with Gasteiger partial charge in [-0.2, -0.15) is 0 Å². The summed E-state index contributed by atoms with van der Waals surface area (Å²) in [6.07, 6.45) is 1.97. The van der Waals surface area contributed by atoms with Crippen LogP contribution in [-0.4, -0.2) is 24.8 Å². The van der Waals surface area contributed by atoms with Crippen LogP contribution in [0.5, 0.6) is 0 Å². The van der Waals surface area contributed by atoms with Gasteiger partial charge < -0.3 is 9.84 Å². The molecule has 0 bridgehead atoms. The van der Waals surface area contributed by atoms with Crippen molar-refractivity contribution in [2.24, 2.45) is 0 Å². The van der Waals surface area contributed by atoms with Crippen LogP contribution in [0.15, 0.2) is 12.1 Å². The molecule has 1 atom stereocenters. The second-order valence-electron chi connectivity index (χ2n) is 3.36. The number of ether oxygens (including phenoxy) is 1. The van der Waals surface area contributed by atoms with Crippen LogP contribution in [0.25, 0.3) is 0 Å². The van der Waals surface area contributed by atoms with Crippen molar-refractivity contribution in [2.45, 2.75) is 25.7 Å². The van der Waals surface area contributed by atoms with E-state index in [0.717, 1.165) is 17.7 Å². The summed E-state index contributed by atoms with van der Waals surface area (Å²) in [7, 11) is 1.37. The normalized spacial score (nSPS) is 12.5. The first-order valence-electron chi connectivity index (χ1n) is 5.01. The van der Waals surface area contributed by atoms with E-state index in [4.69, 9.17) is 0 Å². The molecule has 3 nitrogen and oxygen atoms in total. The summed E-state index contributed by atoms with van der Waals surface area (Å²) >= 11 is 1.40. The molecule has 15 heavy (non-hydrogen) atoms. The summed E-state index contributed by atoms with van der Waals surface area (Å²) in [4.78, 5) is 12.9. The zero-order chi connectivity index (χ0) is 11.3. The Morgan fingerprint density at radius 3 is 2.87 bits per heavy atom. The number of carbonyl (C=O) groups excluding carboxylic acids is 1. The third-order valence-corrected chi connectivity index (χ3v) is 3.50. The molecule has 1 unspecified atom stereocenters. The third-order valence-electron chi connectivity index (χ3n) is 2.27. The van der Waals surface area contributed by atoms with Crippen molar-refractivity contribution in [1.82, 2.24) is 0 Å². The van der Waals surface area contributed by atoms with Crippen molar-refractivity contribution in [2.75, 3.05) is 13.7 Å². The van der Waals surface area contributed by atoms with E-state index >= 15 is 0 Å². The molecule has 0 aromatic carbocycles. The lowest BCUT2D eigenvalue weighted by molar-refractivity contribution is 0.0606. The van der Waals surface area contributed by atoms with Gasteiger partial charge in [0.25, 0.3) is 0 Å². The first kappa shape index (κ1) is 12.2. The Balaban J connectivity index is 2.77. The number of aliphatic hydroxyl groups excluding tert-OH is 1. The van der Waals surface area contributed by atoms with Crippen LogP contribution in [0.3, 0.4) is 0 Å². The number of aliphatic hydroxyl groups is 1. The Bertz CT molecular complexity index is 319. The van der Waals surface area contributed by atoms with Crippen molar-refractivity contribution < 1.29 is 14.6 Å². The minimum absolute atomic E-state index is 0.134. The van der Waals surface area contributed by atoms with E-state index in [0.29, 0.717) is 4.88 Å². The van der Waals surface area contributed by atoms with Gasteiger partial charge in [0.15, 0.2) is 0 Å². The lowest BCUT2D eigenvalue weighted by Crippen LogP contribution is -2.01. The predicted molar refractivity (Wildman–Crippen MR) is 60.4 cm³/mol. The van der Waals surface area contributed by atoms with Crippen LogP contribution in [0.2, 0.25) is 0 Å². The minimum Gasteiger partial charge on any atom is -0.465 e. The molecular weight excluding hydrogens is 212 g/mol. The van der Waals surface area contributed by atoms with Crippen molar-refractivity contribution in [3.05, 3.63) is 21.9 Å². The van der Waals surface area contributed by atoms with E-state index in [-0.39, 0.29) is 18.5 Å². The van der Waals surface area contributed by atoms with Gasteiger partial charge in [0.1, 0.15) is 4.88 Å². The van der Waals surface area contributed by atoms with Crippen molar-refractivity contribution in [3.8, 4) is 0 Å². The first-order chi connectivity index (χ1) is 7.22. The topological polar surface area (TPSA) is 46.5 Å². The SMILES string of the molecule is CCCC(CO)c1ccc(C(=O)OC)s1. The standard InChI is InChI=1S/C11H16O3S/c1-3-4-8(7-12)9-5-6-10(15-9)11(13)14-2/h5-6,8,12H,3-4,7H2,1-2H3. The van der Waals surface area contributed by atoms with Gasteiger partial charge in [-0.15, -0.1) is 11.3 Å². The van der Waals surface area contributed by atoms with Crippen LogP contribution in [-0.2, 0) is 4.74 Å². The molecule has 1 rings (SSSR count). The fourth-order valence-corrected chi connectivity index (χ4v) is 2.51. The van der Waals surface area contributed by atoms with E-state index in [1.165, 1.54) is 18.4 Å². The number of carbonyl (C=O) groups is 1. The first-order valence-corrected chi connectivity index (χ1v) is 5.83. The molecule has 1 aromatic rings. The molecule has 0 radical (unpaired) electrons. The molecule has 4 heteroatoms. The molecule has 1 aromatic heterocycles. The minimum atomic E-state index is -0.306. The average Bonchev–Trinajstić information content (AvgIpc) is 2.73. The molecule has 0 saturated carbocycles. The number of hydrogen-bond donors (Lipinski definition) is 1. The van der Waals surface area contributed by atoms with Crippen LogP contribution < -0.4 is 0 Å². The van der Waals surface area contributed by atoms with Crippen LogP contribution in [0.1, 0.15) is 40.2 Å². The fourth-order valence-electron chi connectivity index (χ4n) is 1.45. The highest BCUT2D eigenvalue weighted by atomic mass is 32.1. The van der Waals surface area contributed by atoms with Gasteiger partial charge >= 0.3 is 5.97 Å². The summed E-state index contributed by atoms with van der Waals surface area (Å²) in [6, 6.07) is 3.65. The summed E-state index contributed by atoms with van der Waals surface area (Å²) in [5, 5.41) is 9.21. The quantitative estimate of drug-likeness (QED) is 0.787. The van der Waals surface area contributed by atoms with Crippen molar-refractivity contribution in [1.29, 1.82) is 0 Å². The van der Waals surface area contributed by atoms with Gasteiger partial charge in [-0.3, -0.25) is 0 Å². The van der Waals surface area contributed by atoms with Gasteiger partial charge in [0.05, 0.1) is 13.7 Å². The summed E-state index contributed by atoms with van der Waals surface area (Å²) < 4.78 is 4.63. The van der Waals surface area contributed by atoms with E-state index in [1.54, 1.807) is 6.07 Å². The van der Waals surface area contributed by atoms with Gasteiger partial charge in [-0.05, 0) is 18.6 Å². The molecule has 0 aliphatic carbocycles. The molecular formula is C11H16O3S. The Labute approximate surface area is 93.7 Å². The smallest absolute Gasteiger partial charge is 0.348 e. The molecule has 1 N–H and O–H groups in total. The zero-order valence-electron chi connectivity index (χ0n) is 9.03. The number of rotatable bonds is 5. The third kappa shape index (κ3) is 3.04. The summed E-state index contributed by atoms with van der Waals surface area (Å²) in [6.45, 7) is 2.21. The highest BCUT2D eigenvalue weighted by molar-refractivity contribution is 7.14. The molecule has 1 heterocycles. The molecule has 0 aliphatic heterocycles. The molecule has 0 saturated heterocycles. The summed E-state index contributed by atoms with van der Waals surface area (Å²) in [5.41, 5.74) is 0. The maximum atomic E-state index is 11.2. The molecule has 0 aliphatic rings. The maximum absolute atomic E-state index is 11.2. The van der Waals surface area contributed by atoms with E-state index in [1.807, 2.05) is 6.07 Å². The van der Waals surface area contributed by atoms with Gasteiger partial charge in [0.2, 0.25) is 0 Å². The number of thiophene rings is 1. The Hall–Kier alpha value is -0.870. The highest BCUT2D eigenvalue weighted by Gasteiger charge is 2.15. The highest BCUT2D eigenvalue weighted by Crippen LogP contribution is 2.28. The largest absolute Gasteiger partial charge is 0.465 e. The van der Waals surface area contributed by atoms with E-state index < -0.39 is 0 Å². The van der Waals surface area contributed by atoms with Crippen LogP contribution >= 0.6 is 11.3 Å². The maximum Gasteiger partial charge on any atom is 0.348 e. The number of methoxy groups -OCH3 is 1. The number of hydrogen-bond acceptors (Lipinski definition) is 4. The molecule has 0 spiro atoms. The zero-order valence-corrected chi connectivity index (χ0v) is 9.84. The van der Waals surface area contributed by atoms with Crippen molar-refractivity contribution >= 4 is 17.3 Å². The second-order valence-corrected chi connectivity index (χ2v) is 4.48. The van der Waals surface area contributed by atoms with Gasteiger partial charge in [-0.1, -0.05) is 13.3 Å². The summed E-state index contributed by atoms with van der Waals surface area (Å²) in [5.74, 6) is -0.155. The van der Waals surface area contributed by atoms with Crippen LogP contribution in [0.4, 0.5) is 0 Å². The molecule has 0 amide bonds. The van der Waals surface area contributed by atoms with E-state index in [9.17, 15) is 9.90 Å². The Morgan fingerprint density at radius 1 is 1.60 bits per heavy atom. The molecule has 0 fully saturated rings. The lowest BCUT2D eigenvalue weighted by atomic mass is 10.0. The second kappa shape index (κ2) is 5.88. The molecule has 84 valence electrons. The lowest BCUT2D eigenvalue weighted by Gasteiger charge is -2.09. The van der Waals surface area contributed by atoms with E-state index in [2.05, 4.69) is 11.7 Å². The fraction of sp³-hybridized carbons (Fsp3) is 0.545. The number of esters is 1. The van der Waals surface area contributed by atoms with Crippen LogP contribution in [0, 0.1) is 0 Å². The Kier molecular flexibility index (Phi) is 4.78. The van der Waals surface area contributed by atoms with Gasteiger partial charge in [0, 0.05) is 10.8 Å². The Morgan fingerprint density at radius 2 is 2.33 bits per heavy atom. The predicted octanol–water partition coefficient (Wildman–Crippen LogP) is 2.41. The van der Waals surface area contributed by atoms with Crippen molar-refractivity contribution in [3.63, 3.8) is 0 Å². The van der Waals surface area contributed by atoms with Gasteiger partial charge in [-0.25, -0.2) is 4.79 Å². The average molecular weight is 228 g/mol. The monoisotopic (exact) mass is 228 g/mol.